The molecule has 1 fully saturated rings. The lowest BCUT2D eigenvalue weighted by Crippen LogP contribution is -2.32. The summed E-state index contributed by atoms with van der Waals surface area (Å²) in [7, 11) is 1.54. The maximum atomic E-state index is 12.4. The zero-order valence-electron chi connectivity index (χ0n) is 12.6. The predicted octanol–water partition coefficient (Wildman–Crippen LogP) is 1.16. The van der Waals surface area contributed by atoms with E-state index in [0.717, 1.165) is 6.42 Å². The topological polar surface area (TPSA) is 80.1 Å². The fourth-order valence-corrected chi connectivity index (χ4v) is 2.77. The van der Waals surface area contributed by atoms with Gasteiger partial charge in [0, 0.05) is 32.4 Å². The number of rotatable bonds is 3. The smallest absolute Gasteiger partial charge is 0.287 e. The molecule has 0 saturated carbocycles. The molecule has 8 heteroatoms. The summed E-state index contributed by atoms with van der Waals surface area (Å²) in [5, 5.41) is 7.25. The van der Waals surface area contributed by atoms with E-state index in [9.17, 15) is 9.59 Å². The van der Waals surface area contributed by atoms with Gasteiger partial charge >= 0.3 is 0 Å². The monoisotopic (exact) mass is 333 g/mol. The molecule has 1 aliphatic heterocycles. The number of carbonyl (C=O) groups excluding carboxylic acids is 1. The summed E-state index contributed by atoms with van der Waals surface area (Å²) < 4.78 is 1.18. The van der Waals surface area contributed by atoms with Crippen molar-refractivity contribution in [3.63, 3.8) is 0 Å². The van der Waals surface area contributed by atoms with Crippen LogP contribution >= 0.6 is 11.6 Å². The standard InChI is InChI=1S/C15H16ClN5O2/c1-20-15(23)13(16)12(8-18-20)19-10-5-7-21(9-10)14(22)11-4-2-3-6-17-11/h2-4,6,8,10,19H,5,7,9H2,1H3/t10-/m0/s1. The molecule has 0 bridgehead atoms. The molecule has 1 saturated heterocycles. The fraction of sp³-hybridized carbons (Fsp3) is 0.333. The Balaban J connectivity index is 1.68. The Morgan fingerprint density at radius 1 is 1.43 bits per heavy atom. The SMILES string of the molecule is Cn1ncc(N[C@H]2CCN(C(=O)c3ccccn3)C2)c(Cl)c1=O. The molecular formula is C15H16ClN5O2. The quantitative estimate of drug-likeness (QED) is 0.911. The number of hydrogen-bond donors (Lipinski definition) is 1. The summed E-state index contributed by atoms with van der Waals surface area (Å²) >= 11 is 6.05. The van der Waals surface area contributed by atoms with Crippen LogP contribution in [0.1, 0.15) is 16.9 Å². The minimum absolute atomic E-state index is 0.0223. The highest BCUT2D eigenvalue weighted by molar-refractivity contribution is 6.32. The van der Waals surface area contributed by atoms with Gasteiger partial charge in [-0.05, 0) is 18.6 Å². The van der Waals surface area contributed by atoms with Crippen LogP contribution < -0.4 is 10.9 Å². The lowest BCUT2D eigenvalue weighted by atomic mass is 10.2. The highest BCUT2D eigenvalue weighted by Crippen LogP contribution is 2.20. The van der Waals surface area contributed by atoms with E-state index >= 15 is 0 Å². The van der Waals surface area contributed by atoms with Crippen molar-refractivity contribution in [2.45, 2.75) is 12.5 Å². The molecule has 23 heavy (non-hydrogen) atoms. The number of nitrogens with one attached hydrogen (secondary N) is 1. The number of likely N-dealkylation sites (tertiary alicyclic amines) is 1. The van der Waals surface area contributed by atoms with Crippen molar-refractivity contribution in [1.82, 2.24) is 19.7 Å². The van der Waals surface area contributed by atoms with E-state index < -0.39 is 0 Å². The van der Waals surface area contributed by atoms with Gasteiger partial charge in [-0.3, -0.25) is 14.6 Å². The Hall–Kier alpha value is -2.41. The van der Waals surface area contributed by atoms with Crippen LogP contribution in [0.3, 0.4) is 0 Å². The molecule has 3 heterocycles. The minimum Gasteiger partial charge on any atom is -0.378 e. The number of halogens is 1. The number of hydrogen-bond acceptors (Lipinski definition) is 5. The average molecular weight is 334 g/mol. The van der Waals surface area contributed by atoms with Gasteiger partial charge in [-0.25, -0.2) is 4.68 Å². The second-order valence-corrected chi connectivity index (χ2v) is 5.78. The van der Waals surface area contributed by atoms with Crippen molar-refractivity contribution in [1.29, 1.82) is 0 Å². The number of amides is 1. The van der Waals surface area contributed by atoms with Crippen LogP contribution in [-0.2, 0) is 7.05 Å². The van der Waals surface area contributed by atoms with E-state index in [1.165, 1.54) is 10.9 Å². The molecule has 0 aromatic carbocycles. The molecule has 0 spiro atoms. The molecular weight excluding hydrogens is 318 g/mol. The zero-order valence-corrected chi connectivity index (χ0v) is 13.3. The number of anilines is 1. The highest BCUT2D eigenvalue weighted by Gasteiger charge is 2.28. The van der Waals surface area contributed by atoms with Gasteiger partial charge < -0.3 is 10.2 Å². The number of pyridine rings is 1. The largest absolute Gasteiger partial charge is 0.378 e. The third-order valence-corrected chi connectivity index (χ3v) is 4.16. The first-order valence-electron chi connectivity index (χ1n) is 7.25. The normalized spacial score (nSPS) is 17.3. The molecule has 1 atom stereocenters. The molecule has 1 aliphatic rings. The Kier molecular flexibility index (Phi) is 4.29. The minimum atomic E-state index is -0.351. The van der Waals surface area contributed by atoms with Crippen molar-refractivity contribution < 1.29 is 4.79 Å². The van der Waals surface area contributed by atoms with Crippen molar-refractivity contribution in [2.75, 3.05) is 18.4 Å². The van der Waals surface area contributed by atoms with Gasteiger partial charge in [-0.2, -0.15) is 5.10 Å². The van der Waals surface area contributed by atoms with Crippen LogP contribution in [0.5, 0.6) is 0 Å². The molecule has 0 radical (unpaired) electrons. The molecule has 7 nitrogen and oxygen atoms in total. The van der Waals surface area contributed by atoms with Gasteiger partial charge in [0.25, 0.3) is 11.5 Å². The Labute approximate surface area is 137 Å². The van der Waals surface area contributed by atoms with Crippen LogP contribution in [0.2, 0.25) is 5.02 Å². The average Bonchev–Trinajstić information content (AvgIpc) is 3.04. The van der Waals surface area contributed by atoms with Crippen LogP contribution in [0, 0.1) is 0 Å². The van der Waals surface area contributed by atoms with Crippen LogP contribution in [-0.4, -0.2) is 44.7 Å². The highest BCUT2D eigenvalue weighted by atomic mass is 35.5. The molecule has 1 N–H and O–H groups in total. The number of aryl methyl sites for hydroxylation is 1. The molecule has 2 aromatic heterocycles. The van der Waals surface area contributed by atoms with Gasteiger partial charge in [0.2, 0.25) is 0 Å². The second kappa shape index (κ2) is 6.37. The lowest BCUT2D eigenvalue weighted by molar-refractivity contribution is 0.0786. The third kappa shape index (κ3) is 3.19. The van der Waals surface area contributed by atoms with Gasteiger partial charge in [-0.1, -0.05) is 17.7 Å². The zero-order chi connectivity index (χ0) is 16.4. The van der Waals surface area contributed by atoms with E-state index in [1.807, 2.05) is 0 Å². The first-order valence-corrected chi connectivity index (χ1v) is 7.62. The molecule has 0 unspecified atom stereocenters. The van der Waals surface area contributed by atoms with Gasteiger partial charge in [0.05, 0.1) is 11.9 Å². The molecule has 3 rings (SSSR count). The summed E-state index contributed by atoms with van der Waals surface area (Å²) in [5.74, 6) is -0.0944. The maximum Gasteiger partial charge on any atom is 0.287 e. The fourth-order valence-electron chi connectivity index (χ4n) is 2.55. The van der Waals surface area contributed by atoms with Gasteiger partial charge in [-0.15, -0.1) is 0 Å². The molecule has 2 aromatic rings. The first kappa shape index (κ1) is 15.5. The van der Waals surface area contributed by atoms with Crippen molar-refractivity contribution in [3.05, 3.63) is 51.7 Å². The number of nitrogens with zero attached hydrogens (tertiary/aromatic N) is 4. The predicted molar refractivity (Wildman–Crippen MR) is 86.7 cm³/mol. The van der Waals surface area contributed by atoms with Crippen molar-refractivity contribution in [3.8, 4) is 0 Å². The van der Waals surface area contributed by atoms with Crippen molar-refractivity contribution >= 4 is 23.2 Å². The van der Waals surface area contributed by atoms with Gasteiger partial charge in [0.1, 0.15) is 10.7 Å². The molecule has 0 aliphatic carbocycles. The second-order valence-electron chi connectivity index (χ2n) is 5.40. The van der Waals surface area contributed by atoms with Crippen LogP contribution in [0.4, 0.5) is 5.69 Å². The summed E-state index contributed by atoms with van der Waals surface area (Å²) in [5.41, 5.74) is 0.574. The van der Waals surface area contributed by atoms with Crippen LogP contribution in [0.25, 0.3) is 0 Å². The van der Waals surface area contributed by atoms with Crippen LogP contribution in [0.15, 0.2) is 35.4 Å². The Bertz CT molecular complexity index is 777. The summed E-state index contributed by atoms with van der Waals surface area (Å²) in [6, 6.07) is 5.28. The van der Waals surface area contributed by atoms with E-state index in [4.69, 9.17) is 11.6 Å². The number of aromatic nitrogens is 3. The van der Waals surface area contributed by atoms with E-state index in [-0.39, 0.29) is 22.5 Å². The van der Waals surface area contributed by atoms with Crippen molar-refractivity contribution in [2.24, 2.45) is 7.05 Å². The summed E-state index contributed by atoms with van der Waals surface area (Å²) in [4.78, 5) is 30.0. The molecule has 1 amide bonds. The summed E-state index contributed by atoms with van der Waals surface area (Å²) in [6.07, 6.45) is 3.89. The first-order chi connectivity index (χ1) is 11.1. The third-order valence-electron chi connectivity index (χ3n) is 3.80. The Morgan fingerprint density at radius 2 is 2.26 bits per heavy atom. The summed E-state index contributed by atoms with van der Waals surface area (Å²) in [6.45, 7) is 1.16. The Morgan fingerprint density at radius 3 is 3.00 bits per heavy atom. The lowest BCUT2D eigenvalue weighted by Gasteiger charge is -2.17. The maximum absolute atomic E-state index is 12.4. The van der Waals surface area contributed by atoms with E-state index in [1.54, 1.807) is 36.3 Å². The van der Waals surface area contributed by atoms with Gasteiger partial charge in [0.15, 0.2) is 0 Å². The number of carbonyl (C=O) groups is 1. The van der Waals surface area contributed by atoms with E-state index in [2.05, 4.69) is 15.4 Å². The van der Waals surface area contributed by atoms with E-state index in [0.29, 0.717) is 24.5 Å². The molecule has 120 valence electrons.